The minimum atomic E-state index is -0.0163. The monoisotopic (exact) mass is 402 g/mol. The summed E-state index contributed by atoms with van der Waals surface area (Å²) in [6.07, 6.45) is 3.62. The van der Waals surface area contributed by atoms with Gasteiger partial charge in [-0.05, 0) is 61.7 Å². The van der Waals surface area contributed by atoms with Crippen LogP contribution in [0.1, 0.15) is 22.9 Å². The van der Waals surface area contributed by atoms with Crippen LogP contribution in [-0.4, -0.2) is 9.97 Å². The maximum absolute atomic E-state index is 4.56. The van der Waals surface area contributed by atoms with Gasteiger partial charge in [0.05, 0.1) is 17.3 Å². The van der Waals surface area contributed by atoms with Gasteiger partial charge in [0.1, 0.15) is 0 Å². The van der Waals surface area contributed by atoms with Crippen LogP contribution in [0.25, 0.3) is 0 Å². The molecule has 0 unspecified atom stereocenters. The van der Waals surface area contributed by atoms with E-state index < -0.39 is 0 Å². The van der Waals surface area contributed by atoms with Crippen LogP contribution in [0.15, 0.2) is 75.9 Å². The van der Waals surface area contributed by atoms with E-state index >= 15 is 0 Å². The highest BCUT2D eigenvalue weighted by atomic mass is 79.9. The van der Waals surface area contributed by atoms with Gasteiger partial charge in [0.2, 0.25) is 0 Å². The molecule has 0 atom stereocenters. The fourth-order valence-electron chi connectivity index (χ4n) is 2.31. The Kier molecular flexibility index (Phi) is 4.46. The Hall–Kier alpha value is -1.52. The lowest BCUT2D eigenvalue weighted by Gasteiger charge is -2.19. The molecule has 0 aliphatic heterocycles. The lowest BCUT2D eigenvalue weighted by molar-refractivity contribution is 0.862. The fourth-order valence-corrected chi connectivity index (χ4v) is 3.28. The molecule has 3 aromatic rings. The van der Waals surface area contributed by atoms with Gasteiger partial charge >= 0.3 is 0 Å². The largest absolute Gasteiger partial charge is 0.259 e. The van der Waals surface area contributed by atoms with Crippen molar-refractivity contribution < 1.29 is 0 Å². The van der Waals surface area contributed by atoms with Crippen LogP contribution in [0, 0.1) is 0 Å². The Labute approximate surface area is 140 Å². The fraction of sp³-hybridized carbons (Fsp3) is 0.0588. The molecule has 3 rings (SSSR count). The number of pyridine rings is 2. The molecule has 0 saturated heterocycles. The van der Waals surface area contributed by atoms with Crippen molar-refractivity contribution in [2.24, 2.45) is 0 Å². The van der Waals surface area contributed by atoms with Gasteiger partial charge in [-0.1, -0.05) is 30.3 Å². The van der Waals surface area contributed by atoms with E-state index in [0.717, 1.165) is 25.9 Å². The number of hydrogen-bond donors (Lipinski definition) is 0. The Balaban J connectivity index is 2.22. The van der Waals surface area contributed by atoms with Crippen LogP contribution >= 0.6 is 31.9 Å². The van der Waals surface area contributed by atoms with Gasteiger partial charge < -0.3 is 0 Å². The topological polar surface area (TPSA) is 25.8 Å². The Morgan fingerprint density at radius 3 is 1.67 bits per heavy atom. The minimum absolute atomic E-state index is 0.0163. The number of hydrogen-bond acceptors (Lipinski definition) is 2. The van der Waals surface area contributed by atoms with Crippen molar-refractivity contribution in [3.63, 3.8) is 0 Å². The predicted molar refractivity (Wildman–Crippen MR) is 91.3 cm³/mol. The lowest BCUT2D eigenvalue weighted by atomic mass is 9.91. The van der Waals surface area contributed by atoms with E-state index in [4.69, 9.17) is 0 Å². The molecule has 2 heterocycles. The number of nitrogens with zero attached hydrogens (tertiary/aromatic N) is 2. The van der Waals surface area contributed by atoms with E-state index in [-0.39, 0.29) is 5.92 Å². The Bertz CT molecular complexity index is 699. The molecule has 0 bridgehead atoms. The van der Waals surface area contributed by atoms with Crippen LogP contribution < -0.4 is 0 Å². The summed E-state index contributed by atoms with van der Waals surface area (Å²) in [5, 5.41) is 0. The summed E-state index contributed by atoms with van der Waals surface area (Å²) < 4.78 is 1.97. The molecular formula is C17H12Br2N2. The Morgan fingerprint density at radius 2 is 1.19 bits per heavy atom. The SMILES string of the molecule is Brc1cccnc1C(c1ccccc1)c1ncccc1Br. The number of benzene rings is 1. The summed E-state index contributed by atoms with van der Waals surface area (Å²) in [5.74, 6) is -0.0163. The number of aromatic nitrogens is 2. The van der Waals surface area contributed by atoms with Crippen molar-refractivity contribution in [2.45, 2.75) is 5.92 Å². The predicted octanol–water partition coefficient (Wildman–Crippen LogP) is 5.18. The van der Waals surface area contributed by atoms with Gasteiger partial charge in [-0.15, -0.1) is 0 Å². The molecule has 0 N–H and O–H groups in total. The minimum Gasteiger partial charge on any atom is -0.259 e. The first kappa shape index (κ1) is 14.4. The normalized spacial score (nSPS) is 10.8. The second-order valence-electron chi connectivity index (χ2n) is 4.58. The highest BCUT2D eigenvalue weighted by Crippen LogP contribution is 2.36. The van der Waals surface area contributed by atoms with Crippen LogP contribution in [-0.2, 0) is 0 Å². The zero-order valence-electron chi connectivity index (χ0n) is 11.1. The highest BCUT2D eigenvalue weighted by Gasteiger charge is 2.23. The number of halogens is 2. The van der Waals surface area contributed by atoms with Crippen molar-refractivity contribution in [2.75, 3.05) is 0 Å². The summed E-state index contributed by atoms with van der Waals surface area (Å²) in [4.78, 5) is 9.13. The molecule has 0 radical (unpaired) electrons. The molecule has 4 heteroatoms. The molecule has 1 aromatic carbocycles. The first-order valence-electron chi connectivity index (χ1n) is 6.53. The summed E-state index contributed by atoms with van der Waals surface area (Å²) in [5.41, 5.74) is 3.09. The molecule has 104 valence electrons. The standard InChI is InChI=1S/C17H12Br2N2/c18-13-8-4-10-20-16(13)15(12-6-2-1-3-7-12)17-14(19)9-5-11-21-17/h1-11,15H. The number of rotatable bonds is 3. The van der Waals surface area contributed by atoms with Gasteiger partial charge in [0, 0.05) is 21.3 Å². The van der Waals surface area contributed by atoms with Crippen LogP contribution in [0.5, 0.6) is 0 Å². The summed E-state index contributed by atoms with van der Waals surface area (Å²) in [7, 11) is 0. The van der Waals surface area contributed by atoms with E-state index in [1.165, 1.54) is 0 Å². The maximum Gasteiger partial charge on any atom is 0.0708 e. The third-order valence-electron chi connectivity index (χ3n) is 3.25. The zero-order valence-corrected chi connectivity index (χ0v) is 14.3. The van der Waals surface area contributed by atoms with Crippen molar-refractivity contribution >= 4 is 31.9 Å². The molecule has 0 spiro atoms. The van der Waals surface area contributed by atoms with Crippen molar-refractivity contribution in [1.82, 2.24) is 9.97 Å². The zero-order chi connectivity index (χ0) is 14.7. The molecule has 0 fully saturated rings. The molecule has 0 saturated carbocycles. The molecule has 2 aromatic heterocycles. The van der Waals surface area contributed by atoms with Crippen LogP contribution in [0.2, 0.25) is 0 Å². The quantitative estimate of drug-likeness (QED) is 0.601. The molecular weight excluding hydrogens is 392 g/mol. The van der Waals surface area contributed by atoms with Gasteiger partial charge in [0.25, 0.3) is 0 Å². The van der Waals surface area contributed by atoms with Gasteiger partial charge in [-0.3, -0.25) is 9.97 Å². The summed E-state index contributed by atoms with van der Waals surface area (Å²) in [6.45, 7) is 0. The molecule has 2 nitrogen and oxygen atoms in total. The Morgan fingerprint density at radius 1 is 0.667 bits per heavy atom. The smallest absolute Gasteiger partial charge is 0.0708 e. The van der Waals surface area contributed by atoms with E-state index in [0.29, 0.717) is 0 Å². The van der Waals surface area contributed by atoms with E-state index in [1.807, 2.05) is 54.9 Å². The van der Waals surface area contributed by atoms with Crippen molar-refractivity contribution in [1.29, 1.82) is 0 Å². The summed E-state index contributed by atoms with van der Waals surface area (Å²) in [6, 6.07) is 18.2. The average Bonchev–Trinajstić information content (AvgIpc) is 2.52. The lowest BCUT2D eigenvalue weighted by Crippen LogP contribution is -2.09. The van der Waals surface area contributed by atoms with Crippen LogP contribution in [0.3, 0.4) is 0 Å². The van der Waals surface area contributed by atoms with Crippen LogP contribution in [0.4, 0.5) is 0 Å². The molecule has 0 aliphatic rings. The average molecular weight is 404 g/mol. The van der Waals surface area contributed by atoms with Gasteiger partial charge in [0.15, 0.2) is 0 Å². The second kappa shape index (κ2) is 6.50. The third kappa shape index (κ3) is 3.06. The first-order chi connectivity index (χ1) is 10.3. The van der Waals surface area contributed by atoms with E-state index in [2.05, 4.69) is 54.0 Å². The third-order valence-corrected chi connectivity index (χ3v) is 4.59. The highest BCUT2D eigenvalue weighted by molar-refractivity contribution is 9.10. The molecule has 0 amide bonds. The maximum atomic E-state index is 4.56. The van der Waals surface area contributed by atoms with Gasteiger partial charge in [-0.2, -0.15) is 0 Å². The molecule has 0 aliphatic carbocycles. The van der Waals surface area contributed by atoms with Crippen molar-refractivity contribution in [3.05, 3.63) is 92.9 Å². The van der Waals surface area contributed by atoms with Crippen molar-refractivity contribution in [3.8, 4) is 0 Å². The summed E-state index contributed by atoms with van der Waals surface area (Å²) >= 11 is 7.22. The van der Waals surface area contributed by atoms with E-state index in [9.17, 15) is 0 Å². The van der Waals surface area contributed by atoms with E-state index in [1.54, 1.807) is 0 Å². The first-order valence-corrected chi connectivity index (χ1v) is 8.11. The van der Waals surface area contributed by atoms with Gasteiger partial charge in [-0.25, -0.2) is 0 Å². The second-order valence-corrected chi connectivity index (χ2v) is 6.29. The molecule has 21 heavy (non-hydrogen) atoms.